The van der Waals surface area contributed by atoms with Crippen LogP contribution in [0.15, 0.2) is 18.3 Å². The van der Waals surface area contributed by atoms with Crippen molar-refractivity contribution in [3.05, 3.63) is 29.6 Å². The van der Waals surface area contributed by atoms with Crippen LogP contribution >= 0.6 is 0 Å². The van der Waals surface area contributed by atoms with Crippen LogP contribution in [0, 0.1) is 0 Å². The van der Waals surface area contributed by atoms with Crippen LogP contribution in [0.25, 0.3) is 0 Å². The molecule has 1 rings (SSSR count). The van der Waals surface area contributed by atoms with Crippen LogP contribution in [0.3, 0.4) is 0 Å². The summed E-state index contributed by atoms with van der Waals surface area (Å²) in [6.45, 7) is 3.51. The summed E-state index contributed by atoms with van der Waals surface area (Å²) < 4.78 is 37.1. The van der Waals surface area contributed by atoms with E-state index in [0.717, 1.165) is 12.1 Å². The number of alkyl halides is 3. The number of hydrogen-bond donors (Lipinski definition) is 2. The van der Waals surface area contributed by atoms with E-state index in [9.17, 15) is 18.0 Å². The zero-order valence-corrected chi connectivity index (χ0v) is 11.3. The lowest BCUT2D eigenvalue weighted by Crippen LogP contribution is -2.46. The molecule has 0 aliphatic heterocycles. The van der Waals surface area contributed by atoms with Gasteiger partial charge in [-0.25, -0.2) is 0 Å². The molecule has 0 saturated heterocycles. The van der Waals surface area contributed by atoms with Gasteiger partial charge in [0, 0.05) is 18.3 Å². The number of nitrogens with one attached hydrogen (secondary N) is 1. The highest BCUT2D eigenvalue weighted by Crippen LogP contribution is 2.28. The first-order valence-electron chi connectivity index (χ1n) is 6.18. The molecule has 0 aliphatic carbocycles. The van der Waals surface area contributed by atoms with Gasteiger partial charge in [0.2, 0.25) is 0 Å². The van der Waals surface area contributed by atoms with Crippen LogP contribution in [0.5, 0.6) is 0 Å². The number of halogens is 3. The number of aromatic nitrogens is 1. The Balaban J connectivity index is 2.83. The number of aliphatic hydroxyl groups excluding tert-OH is 1. The third-order valence-corrected chi connectivity index (χ3v) is 3.18. The maximum absolute atomic E-state index is 12.4. The zero-order valence-electron chi connectivity index (χ0n) is 11.3. The molecule has 4 nitrogen and oxygen atoms in total. The van der Waals surface area contributed by atoms with Gasteiger partial charge >= 0.3 is 6.18 Å². The molecule has 112 valence electrons. The average molecular weight is 290 g/mol. The van der Waals surface area contributed by atoms with E-state index in [-0.39, 0.29) is 12.3 Å². The molecular weight excluding hydrogens is 273 g/mol. The molecule has 1 unspecified atom stereocenters. The lowest BCUT2D eigenvalue weighted by molar-refractivity contribution is -0.137. The Morgan fingerprint density at radius 2 is 2.05 bits per heavy atom. The first kappa shape index (κ1) is 16.4. The number of carbonyl (C=O) groups excluding carboxylic acids is 1. The van der Waals surface area contributed by atoms with E-state index in [1.807, 2.05) is 6.92 Å². The van der Waals surface area contributed by atoms with Crippen LogP contribution < -0.4 is 5.32 Å². The summed E-state index contributed by atoms with van der Waals surface area (Å²) in [4.78, 5) is 15.4. The van der Waals surface area contributed by atoms with Crippen LogP contribution in [-0.2, 0) is 6.18 Å². The Morgan fingerprint density at radius 3 is 2.45 bits per heavy atom. The average Bonchev–Trinajstić information content (AvgIpc) is 2.38. The summed E-state index contributed by atoms with van der Waals surface area (Å²) in [5.41, 5.74) is -1.60. The third kappa shape index (κ3) is 4.19. The predicted molar refractivity (Wildman–Crippen MR) is 67.1 cm³/mol. The highest BCUT2D eigenvalue weighted by atomic mass is 19.4. The number of rotatable bonds is 5. The van der Waals surface area contributed by atoms with Crippen LogP contribution in [0.2, 0.25) is 0 Å². The van der Waals surface area contributed by atoms with Crippen LogP contribution in [0.4, 0.5) is 13.2 Å². The first-order chi connectivity index (χ1) is 9.22. The number of carbonyl (C=O) groups is 1. The molecule has 1 amide bonds. The number of aliphatic hydroxyl groups is 1. The predicted octanol–water partition coefficient (Wildman–Crippen LogP) is 2.38. The van der Waals surface area contributed by atoms with Crippen molar-refractivity contribution in [3.8, 4) is 0 Å². The molecular formula is C13H17F3N2O2. The maximum atomic E-state index is 12.4. The van der Waals surface area contributed by atoms with Gasteiger partial charge in [-0.15, -0.1) is 0 Å². The summed E-state index contributed by atoms with van der Waals surface area (Å²) in [5.74, 6) is -0.559. The van der Waals surface area contributed by atoms with Gasteiger partial charge < -0.3 is 10.4 Å². The largest absolute Gasteiger partial charge is 0.417 e. The Labute approximate surface area is 115 Å². The Kier molecular flexibility index (Phi) is 5.10. The lowest BCUT2D eigenvalue weighted by atomic mass is 9.94. The van der Waals surface area contributed by atoms with E-state index in [2.05, 4.69) is 10.3 Å². The van der Waals surface area contributed by atoms with E-state index in [1.54, 1.807) is 6.92 Å². The maximum Gasteiger partial charge on any atom is 0.417 e. The Morgan fingerprint density at radius 1 is 1.40 bits per heavy atom. The topological polar surface area (TPSA) is 62.2 Å². The van der Waals surface area contributed by atoms with E-state index >= 15 is 0 Å². The van der Waals surface area contributed by atoms with Crippen molar-refractivity contribution in [2.24, 2.45) is 0 Å². The van der Waals surface area contributed by atoms with Gasteiger partial charge in [0.05, 0.1) is 5.56 Å². The molecule has 0 fully saturated rings. The highest BCUT2D eigenvalue weighted by molar-refractivity contribution is 5.92. The summed E-state index contributed by atoms with van der Waals surface area (Å²) in [7, 11) is 0. The van der Waals surface area contributed by atoms with E-state index in [4.69, 9.17) is 5.11 Å². The molecule has 7 heteroatoms. The van der Waals surface area contributed by atoms with Gasteiger partial charge in [-0.05, 0) is 31.9 Å². The van der Waals surface area contributed by atoms with Crippen molar-refractivity contribution in [1.29, 1.82) is 0 Å². The minimum atomic E-state index is -4.48. The molecule has 1 atom stereocenters. The SMILES string of the molecule is CCC(C)(CCO)NC(=O)c1ccc(C(F)(F)F)cn1. The van der Waals surface area contributed by atoms with E-state index in [1.165, 1.54) is 0 Å². The summed E-state index contributed by atoms with van der Waals surface area (Å²) in [5, 5.41) is 11.6. The van der Waals surface area contributed by atoms with Gasteiger partial charge in [0.1, 0.15) is 5.69 Å². The van der Waals surface area contributed by atoms with E-state index < -0.39 is 23.2 Å². The minimum Gasteiger partial charge on any atom is -0.396 e. The molecule has 0 saturated carbocycles. The number of hydrogen-bond acceptors (Lipinski definition) is 3. The van der Waals surface area contributed by atoms with Crippen molar-refractivity contribution in [1.82, 2.24) is 10.3 Å². The smallest absolute Gasteiger partial charge is 0.396 e. The number of nitrogens with zero attached hydrogens (tertiary/aromatic N) is 1. The van der Waals surface area contributed by atoms with Crippen molar-refractivity contribution in [3.63, 3.8) is 0 Å². The lowest BCUT2D eigenvalue weighted by Gasteiger charge is -2.28. The molecule has 1 aromatic rings. The third-order valence-electron chi connectivity index (χ3n) is 3.18. The number of amides is 1. The molecule has 20 heavy (non-hydrogen) atoms. The fraction of sp³-hybridized carbons (Fsp3) is 0.538. The second-order valence-corrected chi connectivity index (χ2v) is 4.77. The summed E-state index contributed by atoms with van der Waals surface area (Å²) in [6.07, 6.45) is -2.91. The van der Waals surface area contributed by atoms with Crippen molar-refractivity contribution < 1.29 is 23.1 Å². The first-order valence-corrected chi connectivity index (χ1v) is 6.18. The quantitative estimate of drug-likeness (QED) is 0.875. The van der Waals surface area contributed by atoms with Crippen molar-refractivity contribution >= 4 is 5.91 Å². The normalized spacial score (nSPS) is 14.7. The van der Waals surface area contributed by atoms with Gasteiger partial charge in [-0.1, -0.05) is 6.92 Å². The monoisotopic (exact) mass is 290 g/mol. The second kappa shape index (κ2) is 6.21. The van der Waals surface area contributed by atoms with Crippen LogP contribution in [0.1, 0.15) is 42.7 Å². The summed E-state index contributed by atoms with van der Waals surface area (Å²) in [6, 6.07) is 1.85. The zero-order chi connectivity index (χ0) is 15.4. The molecule has 1 heterocycles. The molecule has 0 bridgehead atoms. The van der Waals surface area contributed by atoms with E-state index in [0.29, 0.717) is 19.0 Å². The molecule has 0 spiro atoms. The van der Waals surface area contributed by atoms with Gasteiger partial charge in [0.25, 0.3) is 5.91 Å². The molecule has 0 radical (unpaired) electrons. The van der Waals surface area contributed by atoms with Crippen molar-refractivity contribution in [2.75, 3.05) is 6.61 Å². The van der Waals surface area contributed by atoms with Crippen molar-refractivity contribution in [2.45, 2.75) is 38.4 Å². The Hall–Kier alpha value is -1.63. The standard InChI is InChI=1S/C13H17F3N2O2/c1-3-12(2,6-7-19)18-11(20)10-5-4-9(8-17-10)13(14,15)16/h4-5,8,19H,3,6-7H2,1-2H3,(H,18,20). The summed E-state index contributed by atoms with van der Waals surface area (Å²) >= 11 is 0. The molecule has 2 N–H and O–H groups in total. The van der Waals surface area contributed by atoms with Gasteiger partial charge in [-0.3, -0.25) is 9.78 Å². The highest BCUT2D eigenvalue weighted by Gasteiger charge is 2.31. The second-order valence-electron chi connectivity index (χ2n) is 4.77. The minimum absolute atomic E-state index is 0.0874. The van der Waals surface area contributed by atoms with Gasteiger partial charge in [0.15, 0.2) is 0 Å². The van der Waals surface area contributed by atoms with Crippen LogP contribution in [-0.4, -0.2) is 28.1 Å². The molecule has 1 aromatic heterocycles. The fourth-order valence-corrected chi connectivity index (χ4v) is 1.61. The molecule has 0 aliphatic rings. The fourth-order valence-electron chi connectivity index (χ4n) is 1.61. The molecule has 0 aromatic carbocycles. The number of pyridine rings is 1. The Bertz CT molecular complexity index is 460. The van der Waals surface area contributed by atoms with Gasteiger partial charge in [-0.2, -0.15) is 13.2 Å².